The van der Waals surface area contributed by atoms with Gasteiger partial charge in [-0.25, -0.2) is 0 Å². The lowest BCUT2D eigenvalue weighted by atomic mass is 9.99. The van der Waals surface area contributed by atoms with Crippen LogP contribution in [0, 0.1) is 0 Å². The van der Waals surface area contributed by atoms with Crippen LogP contribution in [0.4, 0.5) is 0 Å². The normalized spacial score (nSPS) is 17.4. The van der Waals surface area contributed by atoms with Crippen LogP contribution in [0.15, 0.2) is 85.1 Å². The van der Waals surface area contributed by atoms with Gasteiger partial charge in [0.05, 0.1) is 12.1 Å². The SMILES string of the molecule is N[C@@H](Cc1ccccc1)C(=O)N1CCCC1N(C=O)[C@@H](Cc1ccccn1)c1ccccc1. The number of hydrogen-bond donors (Lipinski definition) is 1. The molecule has 1 aliphatic heterocycles. The molecule has 1 unspecified atom stereocenters. The Morgan fingerprint density at radius 1 is 1.03 bits per heavy atom. The van der Waals surface area contributed by atoms with E-state index in [0.29, 0.717) is 19.4 Å². The van der Waals surface area contributed by atoms with Crippen molar-refractivity contribution in [2.75, 3.05) is 6.54 Å². The molecule has 6 nitrogen and oxygen atoms in total. The number of carbonyl (C=O) groups is 2. The number of carbonyl (C=O) groups excluding carboxylic acids is 2. The Morgan fingerprint density at radius 3 is 2.39 bits per heavy atom. The summed E-state index contributed by atoms with van der Waals surface area (Å²) in [6.07, 6.45) is 4.91. The van der Waals surface area contributed by atoms with Crippen molar-refractivity contribution in [2.24, 2.45) is 5.73 Å². The number of hydrogen-bond acceptors (Lipinski definition) is 4. The van der Waals surface area contributed by atoms with E-state index in [1.165, 1.54) is 0 Å². The van der Waals surface area contributed by atoms with Gasteiger partial charge in [0.1, 0.15) is 6.17 Å². The highest BCUT2D eigenvalue weighted by molar-refractivity contribution is 5.82. The van der Waals surface area contributed by atoms with Crippen molar-refractivity contribution in [1.29, 1.82) is 0 Å². The van der Waals surface area contributed by atoms with Gasteiger partial charge in [-0.15, -0.1) is 0 Å². The lowest BCUT2D eigenvalue weighted by Gasteiger charge is -2.39. The van der Waals surface area contributed by atoms with Crippen LogP contribution in [-0.2, 0) is 22.4 Å². The Bertz CT molecular complexity index is 1030. The first-order valence-electron chi connectivity index (χ1n) is 11.4. The van der Waals surface area contributed by atoms with Crippen molar-refractivity contribution >= 4 is 12.3 Å². The van der Waals surface area contributed by atoms with E-state index in [-0.39, 0.29) is 18.1 Å². The fourth-order valence-corrected chi connectivity index (χ4v) is 4.62. The van der Waals surface area contributed by atoms with Crippen molar-refractivity contribution in [3.63, 3.8) is 0 Å². The lowest BCUT2D eigenvalue weighted by Crippen LogP contribution is -2.53. The summed E-state index contributed by atoms with van der Waals surface area (Å²) in [5.74, 6) is -0.113. The molecule has 2 heterocycles. The second-order valence-corrected chi connectivity index (χ2v) is 8.45. The van der Waals surface area contributed by atoms with E-state index in [0.717, 1.165) is 36.1 Å². The van der Waals surface area contributed by atoms with Crippen LogP contribution >= 0.6 is 0 Å². The van der Waals surface area contributed by atoms with E-state index < -0.39 is 6.04 Å². The molecule has 0 spiro atoms. The van der Waals surface area contributed by atoms with E-state index in [2.05, 4.69) is 4.98 Å². The molecule has 0 aliphatic carbocycles. The molecule has 4 rings (SSSR count). The van der Waals surface area contributed by atoms with Crippen LogP contribution in [0.5, 0.6) is 0 Å². The molecule has 1 aromatic heterocycles. The monoisotopic (exact) mass is 442 g/mol. The zero-order valence-electron chi connectivity index (χ0n) is 18.7. The summed E-state index contributed by atoms with van der Waals surface area (Å²) in [6, 6.07) is 24.6. The summed E-state index contributed by atoms with van der Waals surface area (Å²) < 4.78 is 0. The van der Waals surface area contributed by atoms with Gasteiger partial charge in [0.2, 0.25) is 12.3 Å². The van der Waals surface area contributed by atoms with Crippen molar-refractivity contribution < 1.29 is 9.59 Å². The van der Waals surface area contributed by atoms with Gasteiger partial charge in [-0.1, -0.05) is 66.7 Å². The summed E-state index contributed by atoms with van der Waals surface area (Å²) in [5.41, 5.74) is 9.28. The third kappa shape index (κ3) is 5.46. The minimum atomic E-state index is -0.646. The van der Waals surface area contributed by atoms with Crippen LogP contribution in [0.3, 0.4) is 0 Å². The molecule has 170 valence electrons. The quantitative estimate of drug-likeness (QED) is 0.516. The van der Waals surface area contributed by atoms with Gasteiger partial charge in [0, 0.05) is 24.9 Å². The van der Waals surface area contributed by atoms with Gasteiger partial charge in [0.15, 0.2) is 0 Å². The molecule has 2 N–H and O–H groups in total. The Labute approximate surface area is 195 Å². The van der Waals surface area contributed by atoms with Crippen LogP contribution in [0.2, 0.25) is 0 Å². The van der Waals surface area contributed by atoms with E-state index in [1.54, 1.807) is 16.0 Å². The Kier molecular flexibility index (Phi) is 7.47. The summed E-state index contributed by atoms with van der Waals surface area (Å²) in [5, 5.41) is 0. The number of nitrogens with two attached hydrogens (primary N) is 1. The third-order valence-electron chi connectivity index (χ3n) is 6.26. The number of nitrogens with zero attached hydrogens (tertiary/aromatic N) is 3. The number of benzene rings is 2. The minimum Gasteiger partial charge on any atom is -0.321 e. The van der Waals surface area contributed by atoms with Gasteiger partial charge in [0.25, 0.3) is 0 Å². The smallest absolute Gasteiger partial charge is 0.241 e. The molecule has 1 fully saturated rings. The molecule has 0 bridgehead atoms. The zero-order chi connectivity index (χ0) is 23.0. The third-order valence-corrected chi connectivity index (χ3v) is 6.26. The molecule has 0 radical (unpaired) electrons. The maximum absolute atomic E-state index is 13.3. The average molecular weight is 443 g/mol. The zero-order valence-corrected chi connectivity index (χ0v) is 18.7. The molecular weight excluding hydrogens is 412 g/mol. The van der Waals surface area contributed by atoms with Gasteiger partial charge in [-0.3, -0.25) is 14.6 Å². The molecule has 0 saturated carbocycles. The lowest BCUT2D eigenvalue weighted by molar-refractivity contribution is -0.141. The first kappa shape index (κ1) is 22.7. The van der Waals surface area contributed by atoms with Crippen molar-refractivity contribution in [3.8, 4) is 0 Å². The van der Waals surface area contributed by atoms with Crippen LogP contribution < -0.4 is 5.73 Å². The van der Waals surface area contributed by atoms with Crippen LogP contribution in [0.1, 0.15) is 35.7 Å². The highest BCUT2D eigenvalue weighted by Crippen LogP contribution is 2.31. The van der Waals surface area contributed by atoms with Crippen LogP contribution in [-0.4, -0.2) is 45.9 Å². The predicted octanol–water partition coefficient (Wildman–Crippen LogP) is 3.34. The molecule has 33 heavy (non-hydrogen) atoms. The van der Waals surface area contributed by atoms with Crippen LogP contribution in [0.25, 0.3) is 0 Å². The Morgan fingerprint density at radius 2 is 1.73 bits per heavy atom. The predicted molar refractivity (Wildman–Crippen MR) is 128 cm³/mol. The van der Waals surface area contributed by atoms with E-state index in [1.807, 2.05) is 78.9 Å². The first-order chi connectivity index (χ1) is 16.2. The Balaban J connectivity index is 1.57. The first-order valence-corrected chi connectivity index (χ1v) is 11.4. The van der Waals surface area contributed by atoms with E-state index >= 15 is 0 Å². The average Bonchev–Trinajstić information content (AvgIpc) is 3.35. The second kappa shape index (κ2) is 10.9. The highest BCUT2D eigenvalue weighted by Gasteiger charge is 2.38. The van der Waals surface area contributed by atoms with Gasteiger partial charge in [-0.2, -0.15) is 0 Å². The van der Waals surface area contributed by atoms with Crippen molar-refractivity contribution in [3.05, 3.63) is 102 Å². The minimum absolute atomic E-state index is 0.113. The molecular formula is C27H30N4O2. The molecule has 1 aliphatic rings. The fraction of sp³-hybridized carbons (Fsp3) is 0.296. The summed E-state index contributed by atoms with van der Waals surface area (Å²) >= 11 is 0. The summed E-state index contributed by atoms with van der Waals surface area (Å²) in [7, 11) is 0. The number of aromatic nitrogens is 1. The van der Waals surface area contributed by atoms with Crippen molar-refractivity contribution in [2.45, 2.75) is 43.9 Å². The molecule has 2 aromatic carbocycles. The second-order valence-electron chi connectivity index (χ2n) is 8.45. The molecule has 3 aromatic rings. The topological polar surface area (TPSA) is 79.5 Å². The fourth-order valence-electron chi connectivity index (χ4n) is 4.62. The van der Waals surface area contributed by atoms with Gasteiger partial charge in [-0.05, 0) is 42.5 Å². The van der Waals surface area contributed by atoms with Crippen molar-refractivity contribution in [1.82, 2.24) is 14.8 Å². The Hall–Kier alpha value is -3.51. The largest absolute Gasteiger partial charge is 0.321 e. The van der Waals surface area contributed by atoms with Gasteiger partial charge < -0.3 is 15.5 Å². The number of likely N-dealkylation sites (tertiary alicyclic amines) is 1. The van der Waals surface area contributed by atoms with E-state index in [9.17, 15) is 9.59 Å². The van der Waals surface area contributed by atoms with E-state index in [4.69, 9.17) is 5.73 Å². The number of rotatable bonds is 9. The molecule has 2 amide bonds. The summed E-state index contributed by atoms with van der Waals surface area (Å²) in [6.45, 7) is 0.599. The molecule has 1 saturated heterocycles. The standard InChI is InChI=1S/C27H30N4O2/c28-24(18-21-10-3-1-4-11-21)27(33)30-17-9-15-26(30)31(20-32)25(22-12-5-2-6-13-22)19-23-14-7-8-16-29-23/h1-8,10-14,16,20,24-26H,9,15,17-19,28H2/t24-,25-,26?/m0/s1. The number of amides is 2. The number of pyridine rings is 1. The highest BCUT2D eigenvalue weighted by atomic mass is 16.2. The maximum Gasteiger partial charge on any atom is 0.241 e. The molecule has 3 atom stereocenters. The molecule has 6 heteroatoms. The summed E-state index contributed by atoms with van der Waals surface area (Å²) in [4.78, 5) is 33.8. The maximum atomic E-state index is 13.3. The van der Waals surface area contributed by atoms with Gasteiger partial charge >= 0.3 is 0 Å².